The molecule has 0 amide bonds. The number of hydrogen-bond acceptors (Lipinski definition) is 3. The second-order valence-electron chi connectivity index (χ2n) is 4.69. The van der Waals surface area contributed by atoms with Crippen molar-refractivity contribution in [3.05, 3.63) is 56.5 Å². The minimum atomic E-state index is -3.68. The molecule has 0 saturated heterocycles. The standard InChI is InChI=1S/C15H14BrCl2NO3S/c1-22-14-5-3-11(16)9-15(14)23(20,21)19-7-6-10-2-4-12(17)13(18)8-10/h2-5,8-9,19H,6-7H2,1H3. The van der Waals surface area contributed by atoms with Gasteiger partial charge in [-0.3, -0.25) is 0 Å². The van der Waals surface area contributed by atoms with Crippen molar-refractivity contribution in [2.45, 2.75) is 11.3 Å². The first-order valence-corrected chi connectivity index (χ1v) is 9.64. The van der Waals surface area contributed by atoms with E-state index in [9.17, 15) is 8.42 Å². The summed E-state index contributed by atoms with van der Waals surface area (Å²) in [7, 11) is -2.25. The van der Waals surface area contributed by atoms with Crippen molar-refractivity contribution in [1.82, 2.24) is 4.72 Å². The van der Waals surface area contributed by atoms with Crippen LogP contribution in [0.1, 0.15) is 5.56 Å². The quantitative estimate of drug-likeness (QED) is 0.731. The molecule has 0 aliphatic carbocycles. The molecule has 0 heterocycles. The molecule has 0 atom stereocenters. The molecule has 0 radical (unpaired) electrons. The molecule has 1 N–H and O–H groups in total. The van der Waals surface area contributed by atoms with Crippen LogP contribution in [-0.4, -0.2) is 22.1 Å². The van der Waals surface area contributed by atoms with Gasteiger partial charge in [0.15, 0.2) is 0 Å². The molecule has 2 rings (SSSR count). The minimum absolute atomic E-state index is 0.0866. The van der Waals surface area contributed by atoms with Crippen LogP contribution in [0.15, 0.2) is 45.8 Å². The van der Waals surface area contributed by atoms with Crippen molar-refractivity contribution < 1.29 is 13.2 Å². The fourth-order valence-electron chi connectivity index (χ4n) is 1.96. The highest BCUT2D eigenvalue weighted by Gasteiger charge is 2.19. The Morgan fingerprint density at radius 2 is 1.87 bits per heavy atom. The van der Waals surface area contributed by atoms with Gasteiger partial charge in [-0.1, -0.05) is 45.2 Å². The number of benzene rings is 2. The fraction of sp³-hybridized carbons (Fsp3) is 0.200. The zero-order valence-electron chi connectivity index (χ0n) is 12.1. The van der Waals surface area contributed by atoms with E-state index in [4.69, 9.17) is 27.9 Å². The van der Waals surface area contributed by atoms with E-state index in [0.717, 1.165) is 5.56 Å². The third-order valence-corrected chi connectivity index (χ3v) is 5.82. The summed E-state index contributed by atoms with van der Waals surface area (Å²) in [5.74, 6) is 0.287. The van der Waals surface area contributed by atoms with Gasteiger partial charge in [-0.05, 0) is 42.3 Å². The summed E-state index contributed by atoms with van der Waals surface area (Å²) < 4.78 is 33.2. The normalized spacial score (nSPS) is 11.5. The summed E-state index contributed by atoms with van der Waals surface area (Å²) in [5.41, 5.74) is 0.892. The van der Waals surface area contributed by atoms with Crippen molar-refractivity contribution in [3.8, 4) is 5.75 Å². The maximum atomic E-state index is 12.4. The first-order chi connectivity index (χ1) is 10.8. The van der Waals surface area contributed by atoms with Gasteiger partial charge in [-0.25, -0.2) is 13.1 Å². The Morgan fingerprint density at radius 3 is 2.52 bits per heavy atom. The van der Waals surface area contributed by atoms with E-state index in [-0.39, 0.29) is 17.2 Å². The molecule has 0 fully saturated rings. The van der Waals surface area contributed by atoms with Gasteiger partial charge >= 0.3 is 0 Å². The van der Waals surface area contributed by atoms with Crippen LogP contribution in [0.25, 0.3) is 0 Å². The van der Waals surface area contributed by atoms with Gasteiger partial charge in [-0.2, -0.15) is 0 Å². The van der Waals surface area contributed by atoms with Crippen LogP contribution in [0.5, 0.6) is 5.75 Å². The van der Waals surface area contributed by atoms with E-state index in [2.05, 4.69) is 20.7 Å². The lowest BCUT2D eigenvalue weighted by Gasteiger charge is -2.11. The van der Waals surface area contributed by atoms with Gasteiger partial charge in [0.05, 0.1) is 17.2 Å². The Morgan fingerprint density at radius 1 is 1.13 bits per heavy atom. The molecule has 2 aromatic carbocycles. The first-order valence-electron chi connectivity index (χ1n) is 6.60. The van der Waals surface area contributed by atoms with Crippen molar-refractivity contribution in [1.29, 1.82) is 0 Å². The highest BCUT2D eigenvalue weighted by atomic mass is 79.9. The van der Waals surface area contributed by atoms with Crippen LogP contribution in [0.2, 0.25) is 10.0 Å². The number of sulfonamides is 1. The molecule has 0 saturated carbocycles. The lowest BCUT2D eigenvalue weighted by Crippen LogP contribution is -2.26. The predicted octanol–water partition coefficient (Wildman–Crippen LogP) is 4.29. The molecule has 0 bridgehead atoms. The van der Waals surface area contributed by atoms with E-state index >= 15 is 0 Å². The summed E-state index contributed by atoms with van der Waals surface area (Å²) in [4.78, 5) is 0.0866. The van der Waals surface area contributed by atoms with Crippen LogP contribution in [0.4, 0.5) is 0 Å². The predicted molar refractivity (Wildman–Crippen MR) is 96.0 cm³/mol. The maximum absolute atomic E-state index is 12.4. The summed E-state index contributed by atoms with van der Waals surface area (Å²) >= 11 is 15.1. The third-order valence-electron chi connectivity index (χ3n) is 3.10. The lowest BCUT2D eigenvalue weighted by molar-refractivity contribution is 0.402. The Labute approximate surface area is 153 Å². The minimum Gasteiger partial charge on any atom is -0.495 e. The number of nitrogens with one attached hydrogen (secondary N) is 1. The van der Waals surface area contributed by atoms with Gasteiger partial charge in [0, 0.05) is 11.0 Å². The molecule has 0 aromatic heterocycles. The summed E-state index contributed by atoms with van der Waals surface area (Å²) in [6.07, 6.45) is 0.492. The van der Waals surface area contributed by atoms with Crippen LogP contribution in [-0.2, 0) is 16.4 Å². The average Bonchev–Trinajstić information content (AvgIpc) is 2.50. The van der Waals surface area contributed by atoms with Gasteiger partial charge in [0.1, 0.15) is 10.6 Å². The average molecular weight is 439 g/mol. The van der Waals surface area contributed by atoms with E-state index in [1.165, 1.54) is 13.2 Å². The molecule has 4 nitrogen and oxygen atoms in total. The smallest absolute Gasteiger partial charge is 0.244 e. The van der Waals surface area contributed by atoms with Gasteiger partial charge in [-0.15, -0.1) is 0 Å². The largest absolute Gasteiger partial charge is 0.495 e. The van der Waals surface area contributed by atoms with E-state index in [0.29, 0.717) is 20.9 Å². The number of halogens is 3. The molecule has 0 aliphatic rings. The van der Waals surface area contributed by atoms with E-state index in [1.54, 1.807) is 24.3 Å². The molecule has 0 unspecified atom stereocenters. The second-order valence-corrected chi connectivity index (χ2v) is 8.16. The lowest BCUT2D eigenvalue weighted by atomic mass is 10.1. The van der Waals surface area contributed by atoms with Crippen molar-refractivity contribution in [2.24, 2.45) is 0 Å². The highest BCUT2D eigenvalue weighted by Crippen LogP contribution is 2.27. The number of methoxy groups -OCH3 is 1. The third kappa shape index (κ3) is 4.84. The molecule has 0 spiro atoms. The second kappa shape index (κ2) is 7.85. The number of rotatable bonds is 6. The SMILES string of the molecule is COc1ccc(Br)cc1S(=O)(=O)NCCc1ccc(Cl)c(Cl)c1. The number of hydrogen-bond donors (Lipinski definition) is 1. The molecule has 124 valence electrons. The maximum Gasteiger partial charge on any atom is 0.244 e. The summed E-state index contributed by atoms with van der Waals surface area (Å²) in [6, 6.07) is 10.0. The fourth-order valence-corrected chi connectivity index (χ4v) is 4.02. The van der Waals surface area contributed by atoms with E-state index in [1.807, 2.05) is 6.07 Å². The van der Waals surface area contributed by atoms with Crippen LogP contribution in [0, 0.1) is 0 Å². The van der Waals surface area contributed by atoms with Gasteiger partial charge in [0.2, 0.25) is 10.0 Å². The molecular weight excluding hydrogens is 425 g/mol. The monoisotopic (exact) mass is 437 g/mol. The van der Waals surface area contributed by atoms with E-state index < -0.39 is 10.0 Å². The van der Waals surface area contributed by atoms with Crippen molar-refractivity contribution in [2.75, 3.05) is 13.7 Å². The van der Waals surface area contributed by atoms with Crippen LogP contribution >= 0.6 is 39.1 Å². The van der Waals surface area contributed by atoms with Crippen LogP contribution < -0.4 is 9.46 Å². The molecular formula is C15H14BrCl2NO3S. The molecule has 8 heteroatoms. The summed E-state index contributed by atoms with van der Waals surface area (Å²) in [5, 5.41) is 0.913. The van der Waals surface area contributed by atoms with Gasteiger partial charge in [0.25, 0.3) is 0 Å². The molecule has 23 heavy (non-hydrogen) atoms. The van der Waals surface area contributed by atoms with Gasteiger partial charge < -0.3 is 4.74 Å². The molecule has 0 aliphatic heterocycles. The van der Waals surface area contributed by atoms with Crippen molar-refractivity contribution in [3.63, 3.8) is 0 Å². The Kier molecular flexibility index (Phi) is 6.33. The Bertz CT molecular complexity index is 812. The Balaban J connectivity index is 2.10. The first kappa shape index (κ1) is 18.5. The van der Waals surface area contributed by atoms with Crippen LogP contribution in [0.3, 0.4) is 0 Å². The zero-order chi connectivity index (χ0) is 17.0. The zero-order valence-corrected chi connectivity index (χ0v) is 16.1. The highest BCUT2D eigenvalue weighted by molar-refractivity contribution is 9.10. The molecule has 2 aromatic rings. The number of ether oxygens (including phenoxy) is 1. The van der Waals surface area contributed by atoms with Crippen molar-refractivity contribution >= 4 is 49.2 Å². The topological polar surface area (TPSA) is 55.4 Å². The Hall–Kier alpha value is -0.790. The summed E-state index contributed by atoms with van der Waals surface area (Å²) in [6.45, 7) is 0.232.